The molecule has 0 radical (unpaired) electrons. The highest BCUT2D eigenvalue weighted by Gasteiger charge is 2.56. The van der Waals surface area contributed by atoms with Crippen molar-refractivity contribution in [2.75, 3.05) is 0 Å². The van der Waals surface area contributed by atoms with E-state index in [2.05, 4.69) is 37.0 Å². The first-order chi connectivity index (χ1) is 17.9. The molecular weight excluding hydrogens is 463 g/mol. The topological polar surface area (TPSA) is 64.7 Å². The molecule has 0 unspecified atom stereocenters. The number of aromatic nitrogens is 4. The molecule has 0 saturated heterocycles. The van der Waals surface area contributed by atoms with Crippen LogP contribution >= 0.6 is 0 Å². The zero-order chi connectivity index (χ0) is 25.4. The number of hydrogen-bond donors (Lipinski definition) is 0. The molecule has 1 aromatic carbocycles. The van der Waals surface area contributed by atoms with Gasteiger partial charge in [-0.15, -0.1) is 0 Å². The lowest BCUT2D eigenvalue weighted by Crippen LogP contribution is -2.53. The first-order valence-corrected chi connectivity index (χ1v) is 13.5. The van der Waals surface area contributed by atoms with E-state index in [9.17, 15) is 0 Å². The second-order valence-electron chi connectivity index (χ2n) is 11.6. The number of benzene rings is 1. The fourth-order valence-corrected chi connectivity index (χ4v) is 7.21. The van der Waals surface area contributed by atoms with Crippen LogP contribution in [0.2, 0.25) is 0 Å². The van der Waals surface area contributed by atoms with Crippen LogP contribution in [-0.4, -0.2) is 20.1 Å². The smallest absolute Gasteiger partial charge is 0.160 e. The maximum absolute atomic E-state index is 15.2. The van der Waals surface area contributed by atoms with Gasteiger partial charge in [-0.05, 0) is 68.7 Å². The van der Waals surface area contributed by atoms with Crippen molar-refractivity contribution in [2.24, 2.45) is 5.92 Å². The predicted octanol–water partition coefficient (Wildman–Crippen LogP) is 6.95. The van der Waals surface area contributed by atoms with E-state index in [1.54, 1.807) is 6.07 Å². The van der Waals surface area contributed by atoms with Crippen LogP contribution in [0.4, 0.5) is 4.39 Å². The lowest BCUT2D eigenvalue weighted by atomic mass is 9.50. The molecule has 5 nitrogen and oxygen atoms in total. The van der Waals surface area contributed by atoms with Gasteiger partial charge in [-0.1, -0.05) is 38.1 Å². The number of halogens is 1. The Hall–Kier alpha value is -3.41. The van der Waals surface area contributed by atoms with Crippen LogP contribution in [0.5, 0.6) is 0 Å². The highest BCUT2D eigenvalue weighted by Crippen LogP contribution is 2.58. The summed E-state index contributed by atoms with van der Waals surface area (Å²) in [6, 6.07) is 11.1. The molecule has 3 aliphatic carbocycles. The number of hydrogen-bond acceptors (Lipinski definition) is 5. The fourth-order valence-electron chi connectivity index (χ4n) is 7.21. The van der Waals surface area contributed by atoms with Crippen LogP contribution < -0.4 is 0 Å². The van der Waals surface area contributed by atoms with Gasteiger partial charge in [0.2, 0.25) is 0 Å². The molecule has 1 saturated carbocycles. The lowest BCUT2D eigenvalue weighted by molar-refractivity contribution is 0.0924. The molecule has 0 N–H and O–H groups in total. The van der Waals surface area contributed by atoms with Crippen molar-refractivity contribution in [3.8, 4) is 22.6 Å². The summed E-state index contributed by atoms with van der Waals surface area (Å²) in [5.41, 5.74) is 6.19. The third-order valence-corrected chi connectivity index (χ3v) is 9.39. The molecule has 1 fully saturated rings. The first-order valence-electron chi connectivity index (χ1n) is 13.5. The van der Waals surface area contributed by atoms with Crippen molar-refractivity contribution in [1.29, 1.82) is 0 Å². The highest BCUT2D eigenvalue weighted by atomic mass is 19.1. The minimum absolute atomic E-state index is 0.143. The van der Waals surface area contributed by atoms with E-state index in [1.165, 1.54) is 18.9 Å². The van der Waals surface area contributed by atoms with Gasteiger partial charge >= 0.3 is 0 Å². The van der Waals surface area contributed by atoms with Gasteiger partial charge < -0.3 is 4.52 Å². The molecular formula is C31H31FN4O. The summed E-state index contributed by atoms with van der Waals surface area (Å²) in [5.74, 6) is 2.28. The Kier molecular flexibility index (Phi) is 4.95. The van der Waals surface area contributed by atoms with Crippen molar-refractivity contribution < 1.29 is 8.91 Å². The van der Waals surface area contributed by atoms with E-state index >= 15 is 4.39 Å². The van der Waals surface area contributed by atoms with Crippen LogP contribution in [0, 0.1) is 11.7 Å². The third kappa shape index (κ3) is 3.34. The lowest BCUT2D eigenvalue weighted by Gasteiger charge is -2.53. The van der Waals surface area contributed by atoms with E-state index in [0.29, 0.717) is 23.2 Å². The maximum Gasteiger partial charge on any atom is 0.160 e. The monoisotopic (exact) mass is 494 g/mol. The van der Waals surface area contributed by atoms with Gasteiger partial charge in [0, 0.05) is 50.9 Å². The van der Waals surface area contributed by atoms with E-state index < -0.39 is 0 Å². The summed E-state index contributed by atoms with van der Waals surface area (Å²) in [5, 5.41) is 4.20. The summed E-state index contributed by atoms with van der Waals surface area (Å²) >= 11 is 0. The maximum atomic E-state index is 15.2. The molecule has 4 aromatic rings. The summed E-state index contributed by atoms with van der Waals surface area (Å²) in [4.78, 5) is 15.0. The molecule has 7 rings (SSSR count). The molecule has 3 heterocycles. The van der Waals surface area contributed by atoms with Gasteiger partial charge in [-0.3, -0.25) is 4.98 Å². The Morgan fingerprint density at radius 2 is 1.92 bits per heavy atom. The third-order valence-electron chi connectivity index (χ3n) is 9.39. The number of pyridine rings is 1. The number of nitrogens with zero attached hydrogens (tertiary/aromatic N) is 4. The van der Waals surface area contributed by atoms with Crippen LogP contribution in [0.3, 0.4) is 0 Å². The van der Waals surface area contributed by atoms with Gasteiger partial charge in [0.05, 0.1) is 17.6 Å². The second kappa shape index (κ2) is 8.04. The number of rotatable bonds is 4. The van der Waals surface area contributed by atoms with Gasteiger partial charge in [0.15, 0.2) is 5.82 Å². The minimum atomic E-state index is -0.251. The molecule has 0 bridgehead atoms. The van der Waals surface area contributed by atoms with E-state index in [-0.39, 0.29) is 16.6 Å². The first kappa shape index (κ1) is 22.8. The van der Waals surface area contributed by atoms with Crippen LogP contribution in [0.15, 0.2) is 53.3 Å². The Bertz CT molecular complexity index is 1530. The van der Waals surface area contributed by atoms with Crippen molar-refractivity contribution in [2.45, 2.75) is 76.0 Å². The second-order valence-corrected chi connectivity index (χ2v) is 11.6. The average molecular weight is 495 g/mol. The van der Waals surface area contributed by atoms with Gasteiger partial charge in [-0.2, -0.15) is 0 Å². The molecule has 0 amide bonds. The van der Waals surface area contributed by atoms with E-state index in [1.807, 2.05) is 30.6 Å². The molecule has 0 aliphatic heterocycles. The van der Waals surface area contributed by atoms with Crippen LogP contribution in [0.1, 0.15) is 80.6 Å². The molecule has 0 spiro atoms. The zero-order valence-corrected chi connectivity index (χ0v) is 21.6. The predicted molar refractivity (Wildman–Crippen MR) is 140 cm³/mol. The quantitative estimate of drug-likeness (QED) is 0.307. The SMILES string of the molecule is CC[C@@]1(C)c2oncc2C[C@@]2(C)c3nc(-c4ccnc(C5CC5)c4)nc(-c4ccccc4F)c3CC[C@@H]21. The fraction of sp³-hybridized carbons (Fsp3) is 0.419. The van der Waals surface area contributed by atoms with Gasteiger partial charge in [0.1, 0.15) is 11.6 Å². The number of fused-ring (bicyclic) bond motifs is 4. The minimum Gasteiger partial charge on any atom is -0.361 e. The average Bonchev–Trinajstić information content (AvgIpc) is 3.66. The normalized spacial score (nSPS) is 26.3. The van der Waals surface area contributed by atoms with Crippen molar-refractivity contribution in [3.05, 3.63) is 82.9 Å². The molecule has 188 valence electrons. The standard InChI is InChI=1S/C31H31FN4O/c1-4-30(2)25-12-11-22-26(21-7-5-6-8-23(21)32)35-29(19-13-14-33-24(15-19)18-9-10-18)36-27(22)31(25,3)16-20-17-34-37-28(20)30/h5-8,13-15,17-18,25H,4,9-12,16H2,1-3H3/t25-,30-,31-/m1/s1. The van der Waals surface area contributed by atoms with Gasteiger partial charge in [0.25, 0.3) is 0 Å². The summed E-state index contributed by atoms with van der Waals surface area (Å²) in [7, 11) is 0. The molecule has 37 heavy (non-hydrogen) atoms. The summed E-state index contributed by atoms with van der Waals surface area (Å²) in [6.07, 6.45) is 9.63. The van der Waals surface area contributed by atoms with Crippen LogP contribution in [0.25, 0.3) is 22.6 Å². The van der Waals surface area contributed by atoms with Crippen molar-refractivity contribution >= 4 is 0 Å². The molecule has 3 aliphatic rings. The molecule has 3 aromatic heterocycles. The Labute approximate surface area is 216 Å². The Morgan fingerprint density at radius 3 is 2.70 bits per heavy atom. The van der Waals surface area contributed by atoms with Crippen LogP contribution in [-0.2, 0) is 23.7 Å². The molecule has 6 heteroatoms. The summed E-state index contributed by atoms with van der Waals surface area (Å²) < 4.78 is 21.1. The van der Waals surface area contributed by atoms with Crippen molar-refractivity contribution in [3.63, 3.8) is 0 Å². The van der Waals surface area contributed by atoms with E-state index in [0.717, 1.165) is 65.2 Å². The molecule has 3 atom stereocenters. The summed E-state index contributed by atoms with van der Waals surface area (Å²) in [6.45, 7) is 6.89. The Balaban J connectivity index is 1.48. The highest BCUT2D eigenvalue weighted by molar-refractivity contribution is 5.70. The van der Waals surface area contributed by atoms with Gasteiger partial charge in [-0.25, -0.2) is 14.4 Å². The Morgan fingerprint density at radius 1 is 1.08 bits per heavy atom. The van der Waals surface area contributed by atoms with Crippen molar-refractivity contribution in [1.82, 2.24) is 20.1 Å². The zero-order valence-electron chi connectivity index (χ0n) is 21.6. The van der Waals surface area contributed by atoms with E-state index in [4.69, 9.17) is 14.5 Å². The largest absolute Gasteiger partial charge is 0.361 e.